The Morgan fingerprint density at radius 3 is 2.44 bits per heavy atom. The van der Waals surface area contributed by atoms with E-state index >= 15 is 0 Å². The van der Waals surface area contributed by atoms with Crippen molar-refractivity contribution in [2.75, 3.05) is 39.8 Å². The molecule has 1 N–H and O–H groups in total. The molecule has 0 radical (unpaired) electrons. The summed E-state index contributed by atoms with van der Waals surface area (Å²) in [6, 6.07) is 0.883. The second kappa shape index (κ2) is 5.10. The molecule has 1 saturated carbocycles. The van der Waals surface area contributed by atoms with Gasteiger partial charge in [0.05, 0.1) is 0 Å². The van der Waals surface area contributed by atoms with Crippen molar-refractivity contribution >= 4 is 0 Å². The molecule has 3 rings (SSSR count). The van der Waals surface area contributed by atoms with Crippen LogP contribution in [0, 0.1) is 11.3 Å². The second-order valence-corrected chi connectivity index (χ2v) is 6.91. The molecule has 2 aliphatic heterocycles. The zero-order valence-electron chi connectivity index (χ0n) is 11.8. The smallest absolute Gasteiger partial charge is 0.0477 e. The highest BCUT2D eigenvalue weighted by molar-refractivity contribution is 4.99. The first kappa shape index (κ1) is 12.9. The van der Waals surface area contributed by atoms with E-state index in [1.54, 1.807) is 0 Å². The average Bonchev–Trinajstić information content (AvgIpc) is 2.99. The molecule has 1 atom stereocenters. The topological polar surface area (TPSA) is 26.7 Å². The fourth-order valence-corrected chi connectivity index (χ4v) is 4.72. The Labute approximate surface area is 111 Å². The summed E-state index contributed by atoms with van der Waals surface area (Å²) in [5, 5.41) is 9.64. The Hall–Kier alpha value is -0.120. The normalized spacial score (nSPS) is 34.7. The van der Waals surface area contributed by atoms with Crippen LogP contribution in [0.25, 0.3) is 0 Å². The van der Waals surface area contributed by atoms with E-state index in [4.69, 9.17) is 0 Å². The third-order valence-corrected chi connectivity index (χ3v) is 5.84. The average molecular weight is 252 g/mol. The van der Waals surface area contributed by atoms with Crippen molar-refractivity contribution in [3.8, 4) is 0 Å². The molecular weight excluding hydrogens is 224 g/mol. The maximum atomic E-state index is 9.64. The van der Waals surface area contributed by atoms with Crippen LogP contribution in [-0.4, -0.2) is 60.8 Å². The van der Waals surface area contributed by atoms with Gasteiger partial charge in [-0.15, -0.1) is 0 Å². The van der Waals surface area contributed by atoms with Crippen molar-refractivity contribution in [2.24, 2.45) is 11.3 Å². The fourth-order valence-electron chi connectivity index (χ4n) is 4.72. The highest BCUT2D eigenvalue weighted by Crippen LogP contribution is 2.44. The van der Waals surface area contributed by atoms with Crippen molar-refractivity contribution in [1.29, 1.82) is 0 Å². The molecule has 3 aliphatic rings. The standard InChI is InChI=1S/C15H28N2O/c1-16-10-13(11-18)15(12-16)6-8-17(9-7-15)14-4-2-3-5-14/h13-14,18H,2-12H2,1H3. The summed E-state index contributed by atoms with van der Waals surface area (Å²) in [7, 11) is 2.21. The first-order chi connectivity index (χ1) is 8.73. The molecule has 2 heterocycles. The van der Waals surface area contributed by atoms with Gasteiger partial charge in [-0.2, -0.15) is 0 Å². The monoisotopic (exact) mass is 252 g/mol. The lowest BCUT2D eigenvalue weighted by Gasteiger charge is -2.44. The van der Waals surface area contributed by atoms with Gasteiger partial charge >= 0.3 is 0 Å². The van der Waals surface area contributed by atoms with Crippen molar-refractivity contribution in [3.05, 3.63) is 0 Å². The molecule has 104 valence electrons. The third kappa shape index (κ3) is 2.21. The maximum absolute atomic E-state index is 9.64. The van der Waals surface area contributed by atoms with Gasteiger partial charge < -0.3 is 14.9 Å². The molecule has 0 aromatic rings. The largest absolute Gasteiger partial charge is 0.396 e. The minimum absolute atomic E-state index is 0.383. The van der Waals surface area contributed by atoms with Gasteiger partial charge in [0.25, 0.3) is 0 Å². The van der Waals surface area contributed by atoms with E-state index in [2.05, 4.69) is 16.8 Å². The molecule has 1 unspecified atom stereocenters. The Kier molecular flexibility index (Phi) is 3.65. The fraction of sp³-hybridized carbons (Fsp3) is 1.00. The lowest BCUT2D eigenvalue weighted by molar-refractivity contribution is 0.0347. The quantitative estimate of drug-likeness (QED) is 0.808. The van der Waals surface area contributed by atoms with Gasteiger partial charge in [-0.25, -0.2) is 0 Å². The number of nitrogens with zero attached hydrogens (tertiary/aromatic N) is 2. The summed E-state index contributed by atoms with van der Waals surface area (Å²) in [4.78, 5) is 5.16. The van der Waals surface area contributed by atoms with Crippen LogP contribution in [0.1, 0.15) is 38.5 Å². The van der Waals surface area contributed by atoms with Crippen LogP contribution in [0.2, 0.25) is 0 Å². The van der Waals surface area contributed by atoms with Gasteiger partial charge in [0, 0.05) is 31.7 Å². The van der Waals surface area contributed by atoms with E-state index in [0.717, 1.165) is 12.6 Å². The first-order valence-corrected chi connectivity index (χ1v) is 7.77. The van der Waals surface area contributed by atoms with Crippen molar-refractivity contribution < 1.29 is 5.11 Å². The predicted molar refractivity (Wildman–Crippen MR) is 73.6 cm³/mol. The molecule has 0 amide bonds. The third-order valence-electron chi connectivity index (χ3n) is 5.84. The Morgan fingerprint density at radius 2 is 1.83 bits per heavy atom. The van der Waals surface area contributed by atoms with E-state index < -0.39 is 0 Å². The SMILES string of the molecule is CN1CC(CO)C2(CCN(C3CCCC3)CC2)C1. The van der Waals surface area contributed by atoms with Crippen LogP contribution in [0.3, 0.4) is 0 Å². The number of aliphatic hydroxyl groups is 1. The summed E-state index contributed by atoms with van der Waals surface area (Å²) < 4.78 is 0. The number of hydrogen-bond donors (Lipinski definition) is 1. The van der Waals surface area contributed by atoms with E-state index in [0.29, 0.717) is 17.9 Å². The summed E-state index contributed by atoms with van der Waals surface area (Å²) >= 11 is 0. The molecule has 0 aromatic heterocycles. The van der Waals surface area contributed by atoms with Gasteiger partial charge in [0.1, 0.15) is 0 Å². The lowest BCUT2D eigenvalue weighted by Crippen LogP contribution is -2.47. The zero-order chi connectivity index (χ0) is 12.6. The Balaban J connectivity index is 1.61. The van der Waals surface area contributed by atoms with E-state index in [1.165, 1.54) is 58.2 Å². The van der Waals surface area contributed by atoms with Gasteiger partial charge in [0.2, 0.25) is 0 Å². The van der Waals surface area contributed by atoms with Crippen molar-refractivity contribution in [3.63, 3.8) is 0 Å². The Morgan fingerprint density at radius 1 is 1.17 bits per heavy atom. The molecule has 3 heteroatoms. The molecule has 1 aliphatic carbocycles. The minimum atomic E-state index is 0.383. The molecule has 0 aromatic carbocycles. The zero-order valence-corrected chi connectivity index (χ0v) is 11.8. The number of hydrogen-bond acceptors (Lipinski definition) is 3. The molecule has 3 nitrogen and oxygen atoms in total. The summed E-state index contributed by atoms with van der Waals surface area (Å²) in [5.41, 5.74) is 0.429. The van der Waals surface area contributed by atoms with Crippen molar-refractivity contribution in [2.45, 2.75) is 44.6 Å². The lowest BCUT2D eigenvalue weighted by atomic mass is 9.71. The Bertz CT molecular complexity index is 280. The highest BCUT2D eigenvalue weighted by Gasteiger charge is 2.47. The van der Waals surface area contributed by atoms with E-state index in [9.17, 15) is 5.11 Å². The van der Waals surface area contributed by atoms with Crippen LogP contribution < -0.4 is 0 Å². The first-order valence-electron chi connectivity index (χ1n) is 7.77. The number of aliphatic hydroxyl groups excluding tert-OH is 1. The summed E-state index contributed by atoms with van der Waals surface area (Å²) in [5.74, 6) is 0.522. The highest BCUT2D eigenvalue weighted by atomic mass is 16.3. The van der Waals surface area contributed by atoms with E-state index in [-0.39, 0.29) is 0 Å². The van der Waals surface area contributed by atoms with Crippen LogP contribution in [-0.2, 0) is 0 Å². The van der Waals surface area contributed by atoms with Gasteiger partial charge in [-0.1, -0.05) is 12.8 Å². The van der Waals surface area contributed by atoms with E-state index in [1.807, 2.05) is 0 Å². The van der Waals surface area contributed by atoms with Crippen LogP contribution in [0.5, 0.6) is 0 Å². The maximum Gasteiger partial charge on any atom is 0.0477 e. The second-order valence-electron chi connectivity index (χ2n) is 6.91. The number of piperidine rings is 1. The van der Waals surface area contributed by atoms with Gasteiger partial charge in [-0.3, -0.25) is 0 Å². The molecule has 0 bridgehead atoms. The minimum Gasteiger partial charge on any atom is -0.396 e. The number of rotatable bonds is 2. The summed E-state index contributed by atoms with van der Waals surface area (Å²) in [6.45, 7) is 5.23. The van der Waals surface area contributed by atoms with Gasteiger partial charge in [-0.05, 0) is 51.2 Å². The van der Waals surface area contributed by atoms with Crippen LogP contribution in [0.15, 0.2) is 0 Å². The predicted octanol–water partition coefficient (Wildman–Crippen LogP) is 1.57. The molecule has 1 spiro atoms. The summed E-state index contributed by atoms with van der Waals surface area (Å²) in [6.07, 6.45) is 8.34. The molecular formula is C15H28N2O. The molecule has 2 saturated heterocycles. The number of likely N-dealkylation sites (tertiary alicyclic amines) is 2. The van der Waals surface area contributed by atoms with Crippen molar-refractivity contribution in [1.82, 2.24) is 9.80 Å². The van der Waals surface area contributed by atoms with Crippen LogP contribution in [0.4, 0.5) is 0 Å². The molecule has 3 fully saturated rings. The van der Waals surface area contributed by atoms with Gasteiger partial charge in [0.15, 0.2) is 0 Å². The van der Waals surface area contributed by atoms with Crippen LogP contribution >= 0.6 is 0 Å². The molecule has 18 heavy (non-hydrogen) atoms.